The number of hydrogen-bond acceptors (Lipinski definition) is 8. The SMILES string of the molecule is CC[C@@]1(C)C(CCOCCCN)C[C@@H](OCCCN)C2[C@@H]3CCC([C@H](C)CCCNCCCCN)[C@@]3(C)[C@@H](OCCCN)C[C@@H]21. The minimum absolute atomic E-state index is 0.159. The lowest BCUT2D eigenvalue weighted by atomic mass is 9.44. The van der Waals surface area contributed by atoms with Crippen LogP contribution in [0.2, 0.25) is 0 Å². The van der Waals surface area contributed by atoms with Gasteiger partial charge in [0.25, 0.3) is 0 Å². The van der Waals surface area contributed by atoms with Crippen LogP contribution in [0.25, 0.3) is 0 Å². The van der Waals surface area contributed by atoms with Crippen LogP contribution in [0.4, 0.5) is 0 Å². The molecule has 0 amide bonds. The molecule has 0 aromatic rings. The first-order valence-corrected chi connectivity index (χ1v) is 19.1. The van der Waals surface area contributed by atoms with Gasteiger partial charge in [-0.2, -0.15) is 0 Å². The smallest absolute Gasteiger partial charge is 0.0637 e. The molecule has 0 aliphatic heterocycles. The molecular weight excluding hydrogens is 562 g/mol. The van der Waals surface area contributed by atoms with Gasteiger partial charge in [0.05, 0.1) is 12.2 Å². The molecule has 0 heterocycles. The molecular formula is C37H75N5O3. The van der Waals surface area contributed by atoms with E-state index in [9.17, 15) is 0 Å². The maximum Gasteiger partial charge on any atom is 0.0637 e. The summed E-state index contributed by atoms with van der Waals surface area (Å²) in [5.41, 5.74) is 23.7. The van der Waals surface area contributed by atoms with Gasteiger partial charge in [0.1, 0.15) is 0 Å². The van der Waals surface area contributed by atoms with Crippen molar-refractivity contribution in [2.45, 2.75) is 123 Å². The molecule has 3 aliphatic rings. The highest BCUT2D eigenvalue weighted by Crippen LogP contribution is 2.68. The molecule has 10 atom stereocenters. The summed E-state index contributed by atoms with van der Waals surface area (Å²) in [6, 6.07) is 0. The van der Waals surface area contributed by atoms with E-state index in [0.717, 1.165) is 91.0 Å². The van der Waals surface area contributed by atoms with Gasteiger partial charge in [-0.25, -0.2) is 0 Å². The summed E-state index contributed by atoms with van der Waals surface area (Å²) in [5.74, 6) is 3.71. The molecule has 3 unspecified atom stereocenters. The van der Waals surface area contributed by atoms with Crippen LogP contribution in [0.3, 0.4) is 0 Å². The summed E-state index contributed by atoms with van der Waals surface area (Å²) < 4.78 is 20.0. The van der Waals surface area contributed by atoms with Crippen molar-refractivity contribution in [3.63, 3.8) is 0 Å². The highest BCUT2D eigenvalue weighted by Gasteiger charge is 2.65. The van der Waals surface area contributed by atoms with Gasteiger partial charge in [0.15, 0.2) is 0 Å². The third-order valence-electron chi connectivity index (χ3n) is 12.9. The predicted molar refractivity (Wildman–Crippen MR) is 188 cm³/mol. The molecule has 0 aromatic carbocycles. The van der Waals surface area contributed by atoms with Crippen LogP contribution >= 0.6 is 0 Å². The fourth-order valence-electron chi connectivity index (χ4n) is 10.2. The van der Waals surface area contributed by atoms with E-state index in [-0.39, 0.29) is 23.0 Å². The molecule has 0 bridgehead atoms. The molecule has 9 N–H and O–H groups in total. The first kappa shape index (κ1) is 39.1. The van der Waals surface area contributed by atoms with Crippen LogP contribution in [0.15, 0.2) is 0 Å². The predicted octanol–water partition coefficient (Wildman–Crippen LogP) is 5.06. The molecule has 0 spiro atoms. The van der Waals surface area contributed by atoms with E-state index in [1.807, 2.05) is 0 Å². The van der Waals surface area contributed by atoms with Crippen LogP contribution in [0.5, 0.6) is 0 Å². The van der Waals surface area contributed by atoms with Gasteiger partial charge < -0.3 is 42.5 Å². The molecule has 45 heavy (non-hydrogen) atoms. The summed E-state index contributed by atoms with van der Waals surface area (Å²) >= 11 is 0. The molecule has 3 saturated carbocycles. The third kappa shape index (κ3) is 9.87. The van der Waals surface area contributed by atoms with Crippen molar-refractivity contribution in [2.24, 2.45) is 69.3 Å². The fraction of sp³-hybridized carbons (Fsp3) is 1.00. The molecule has 3 fully saturated rings. The van der Waals surface area contributed by atoms with E-state index in [2.05, 4.69) is 33.0 Å². The number of nitrogens with two attached hydrogens (primary N) is 4. The quantitative estimate of drug-likeness (QED) is 0.0925. The molecule has 0 radical (unpaired) electrons. The molecule has 266 valence electrons. The average molecular weight is 638 g/mol. The number of ether oxygens (including phenoxy) is 3. The largest absolute Gasteiger partial charge is 0.381 e. The van der Waals surface area contributed by atoms with E-state index in [0.29, 0.717) is 55.1 Å². The second-order valence-corrected chi connectivity index (χ2v) is 15.3. The van der Waals surface area contributed by atoms with Crippen molar-refractivity contribution >= 4 is 0 Å². The van der Waals surface area contributed by atoms with Crippen LogP contribution in [0.1, 0.15) is 111 Å². The zero-order valence-electron chi connectivity index (χ0n) is 29.9. The Labute approximate surface area is 277 Å². The Morgan fingerprint density at radius 2 is 1.42 bits per heavy atom. The van der Waals surface area contributed by atoms with Gasteiger partial charge in [0, 0.05) is 31.8 Å². The van der Waals surface area contributed by atoms with Crippen molar-refractivity contribution in [1.29, 1.82) is 0 Å². The molecule has 0 saturated heterocycles. The van der Waals surface area contributed by atoms with Crippen LogP contribution in [0, 0.1) is 46.3 Å². The van der Waals surface area contributed by atoms with Gasteiger partial charge in [-0.15, -0.1) is 0 Å². The van der Waals surface area contributed by atoms with Gasteiger partial charge in [0.2, 0.25) is 0 Å². The first-order valence-electron chi connectivity index (χ1n) is 19.1. The van der Waals surface area contributed by atoms with Crippen LogP contribution in [-0.2, 0) is 14.2 Å². The Kier molecular flexibility index (Phi) is 17.6. The standard InChI is InChI=1S/C37H75N5O3/c1-5-36(3)29(15-25-43-22-9-17-39)26-33(44-23-10-18-40)35-31-14-13-30(28(2)12-8-21-42-20-7-6-16-38)37(31,4)34(27-32(35)36)45-24-11-19-41/h28-35,42H,5-27,38-41H2,1-4H3/t28-,29?,30?,31+,32+,33-,34+,35?,36+,37-/m1/s1. The van der Waals surface area contributed by atoms with E-state index in [4.69, 9.17) is 37.1 Å². The summed E-state index contributed by atoms with van der Waals surface area (Å²) in [7, 11) is 0. The minimum Gasteiger partial charge on any atom is -0.381 e. The fourth-order valence-corrected chi connectivity index (χ4v) is 10.2. The number of unbranched alkanes of at least 4 members (excludes halogenated alkanes) is 1. The lowest BCUT2D eigenvalue weighted by Gasteiger charge is -2.63. The minimum atomic E-state index is 0.159. The number of hydrogen-bond donors (Lipinski definition) is 5. The highest BCUT2D eigenvalue weighted by atomic mass is 16.5. The molecule has 8 heteroatoms. The lowest BCUT2D eigenvalue weighted by molar-refractivity contribution is -0.218. The number of fused-ring (bicyclic) bond motifs is 3. The molecule has 3 aliphatic carbocycles. The lowest BCUT2D eigenvalue weighted by Crippen LogP contribution is -2.62. The Bertz CT molecular complexity index is 791. The monoisotopic (exact) mass is 638 g/mol. The van der Waals surface area contributed by atoms with Crippen molar-refractivity contribution in [3.8, 4) is 0 Å². The topological polar surface area (TPSA) is 144 Å². The Morgan fingerprint density at radius 3 is 2.11 bits per heavy atom. The Morgan fingerprint density at radius 1 is 0.756 bits per heavy atom. The Balaban J connectivity index is 1.85. The first-order chi connectivity index (χ1) is 21.8. The van der Waals surface area contributed by atoms with Gasteiger partial charge in [-0.3, -0.25) is 0 Å². The normalized spacial score (nSPS) is 35.3. The van der Waals surface area contributed by atoms with Crippen molar-refractivity contribution in [3.05, 3.63) is 0 Å². The van der Waals surface area contributed by atoms with E-state index >= 15 is 0 Å². The average Bonchev–Trinajstić information content (AvgIpc) is 3.40. The number of nitrogens with one attached hydrogen (secondary N) is 1. The van der Waals surface area contributed by atoms with E-state index in [1.165, 1.54) is 38.5 Å². The second-order valence-electron chi connectivity index (χ2n) is 15.3. The molecule has 3 rings (SSSR count). The third-order valence-corrected chi connectivity index (χ3v) is 12.9. The van der Waals surface area contributed by atoms with Crippen molar-refractivity contribution in [2.75, 3.05) is 65.7 Å². The summed E-state index contributed by atoms with van der Waals surface area (Å²) in [6.07, 6.45) is 15.3. The maximum absolute atomic E-state index is 6.99. The van der Waals surface area contributed by atoms with E-state index < -0.39 is 0 Å². The van der Waals surface area contributed by atoms with Crippen molar-refractivity contribution in [1.82, 2.24) is 5.32 Å². The summed E-state index contributed by atoms with van der Waals surface area (Å²) in [5, 5.41) is 3.65. The number of rotatable bonds is 24. The molecule has 8 nitrogen and oxygen atoms in total. The maximum atomic E-state index is 6.99. The Hall–Kier alpha value is -0.320. The zero-order valence-corrected chi connectivity index (χ0v) is 29.9. The van der Waals surface area contributed by atoms with E-state index in [1.54, 1.807) is 0 Å². The highest BCUT2D eigenvalue weighted by molar-refractivity contribution is 5.14. The van der Waals surface area contributed by atoms with Crippen LogP contribution < -0.4 is 28.3 Å². The van der Waals surface area contributed by atoms with Crippen LogP contribution in [-0.4, -0.2) is 77.9 Å². The van der Waals surface area contributed by atoms with Gasteiger partial charge >= 0.3 is 0 Å². The summed E-state index contributed by atoms with van der Waals surface area (Å²) in [4.78, 5) is 0. The van der Waals surface area contributed by atoms with Gasteiger partial charge in [-0.1, -0.05) is 34.1 Å². The summed E-state index contributed by atoms with van der Waals surface area (Å²) in [6.45, 7) is 18.3. The van der Waals surface area contributed by atoms with Crippen molar-refractivity contribution < 1.29 is 14.2 Å². The molecule has 0 aromatic heterocycles. The van der Waals surface area contributed by atoms with Gasteiger partial charge in [-0.05, 0) is 157 Å². The zero-order chi connectivity index (χ0) is 32.7. The second kappa shape index (κ2) is 20.3.